The molecule has 20 heavy (non-hydrogen) atoms. The van der Waals surface area contributed by atoms with Gasteiger partial charge < -0.3 is 19.7 Å². The minimum absolute atomic E-state index is 0.372. The molecule has 0 aliphatic rings. The number of benzene rings is 2. The summed E-state index contributed by atoms with van der Waals surface area (Å²) in [7, 11) is 6.54. The van der Waals surface area contributed by atoms with Crippen molar-refractivity contribution in [3.63, 3.8) is 0 Å². The fourth-order valence-electron chi connectivity index (χ4n) is 2.59. The first-order valence-electron chi connectivity index (χ1n) is 6.73. The predicted octanol–water partition coefficient (Wildman–Crippen LogP) is 2.99. The van der Waals surface area contributed by atoms with E-state index in [-0.39, 0.29) is 9.29 Å². The molecule has 0 radical (unpaired) electrons. The van der Waals surface area contributed by atoms with Crippen molar-refractivity contribution in [3.8, 4) is 0 Å². The summed E-state index contributed by atoms with van der Waals surface area (Å²) in [6.07, 6.45) is 0. The molecule has 2 aromatic rings. The van der Waals surface area contributed by atoms with Gasteiger partial charge in [0.05, 0.1) is 28.2 Å². The Balaban J connectivity index is 2.58. The highest BCUT2D eigenvalue weighted by atomic mass is 16.5. The molecule has 0 spiro atoms. The Bertz CT molecular complexity index is 559. The van der Waals surface area contributed by atoms with Crippen molar-refractivity contribution in [2.24, 2.45) is 0 Å². The van der Waals surface area contributed by atoms with Gasteiger partial charge in [0.25, 0.3) is 0 Å². The van der Waals surface area contributed by atoms with Crippen LogP contribution in [0.1, 0.15) is 11.1 Å². The molecular weight excluding hydrogens is 252 g/mol. The average molecular weight is 274 g/mol. The maximum atomic E-state index is 12.0. The number of quaternary nitrogens is 2. The van der Waals surface area contributed by atoms with Gasteiger partial charge in [-0.3, -0.25) is 0 Å². The summed E-state index contributed by atoms with van der Waals surface area (Å²) in [4.78, 5) is 0. The second-order valence-corrected chi connectivity index (χ2v) is 6.40. The van der Waals surface area contributed by atoms with Crippen LogP contribution in [0.5, 0.6) is 0 Å². The van der Waals surface area contributed by atoms with Gasteiger partial charge in [0, 0.05) is 11.1 Å². The molecule has 0 atom stereocenters. The van der Waals surface area contributed by atoms with E-state index < -0.39 is 0 Å². The first kappa shape index (κ1) is 14.9. The second kappa shape index (κ2) is 5.14. The topological polar surface area (TPSA) is 46.1 Å². The molecule has 108 valence electrons. The second-order valence-electron chi connectivity index (χ2n) is 6.40. The fourth-order valence-corrected chi connectivity index (χ4v) is 2.59. The van der Waals surface area contributed by atoms with Crippen LogP contribution in [-0.2, 0) is 13.1 Å². The Morgan fingerprint density at radius 3 is 1.50 bits per heavy atom. The molecule has 2 rings (SSSR count). The number of fused-ring (bicyclic) bond motifs is 1. The summed E-state index contributed by atoms with van der Waals surface area (Å²) >= 11 is 0. The van der Waals surface area contributed by atoms with Crippen LogP contribution in [0.2, 0.25) is 0 Å². The third-order valence-electron chi connectivity index (χ3n) is 3.18. The van der Waals surface area contributed by atoms with E-state index in [9.17, 15) is 10.4 Å². The van der Waals surface area contributed by atoms with E-state index in [0.717, 1.165) is 21.9 Å². The Morgan fingerprint density at radius 1 is 0.750 bits per heavy atom. The summed E-state index contributed by atoms with van der Waals surface area (Å²) in [6, 6.07) is 11.9. The van der Waals surface area contributed by atoms with Crippen LogP contribution in [0.25, 0.3) is 10.8 Å². The quantitative estimate of drug-likeness (QED) is 0.635. The van der Waals surface area contributed by atoms with Gasteiger partial charge in [-0.25, -0.2) is 0 Å². The Labute approximate surface area is 120 Å². The van der Waals surface area contributed by atoms with Crippen molar-refractivity contribution in [1.82, 2.24) is 0 Å². The third-order valence-corrected chi connectivity index (χ3v) is 3.18. The summed E-state index contributed by atoms with van der Waals surface area (Å²) in [5, 5.41) is 26.1. The molecule has 0 N–H and O–H groups in total. The molecule has 4 nitrogen and oxygen atoms in total. The smallest absolute Gasteiger partial charge is 0.104 e. The fraction of sp³-hybridized carbons (Fsp3) is 0.375. The maximum absolute atomic E-state index is 12.0. The number of hydrogen-bond acceptors (Lipinski definition) is 2. The lowest BCUT2D eigenvalue weighted by Crippen LogP contribution is -2.32. The minimum Gasteiger partial charge on any atom is -0.633 e. The lowest BCUT2D eigenvalue weighted by Gasteiger charge is -2.36. The van der Waals surface area contributed by atoms with Crippen molar-refractivity contribution in [1.29, 1.82) is 0 Å². The monoisotopic (exact) mass is 274 g/mol. The van der Waals surface area contributed by atoms with E-state index in [1.165, 1.54) is 0 Å². The van der Waals surface area contributed by atoms with Crippen molar-refractivity contribution < 1.29 is 9.29 Å². The molecule has 0 heterocycles. The van der Waals surface area contributed by atoms with Crippen LogP contribution in [0.4, 0.5) is 0 Å². The molecule has 0 amide bonds. The van der Waals surface area contributed by atoms with Gasteiger partial charge in [-0.1, -0.05) is 36.4 Å². The zero-order valence-corrected chi connectivity index (χ0v) is 12.6. The van der Waals surface area contributed by atoms with Crippen LogP contribution in [0.3, 0.4) is 0 Å². The number of hydrogen-bond donors (Lipinski definition) is 0. The first-order valence-corrected chi connectivity index (χ1v) is 6.73. The maximum Gasteiger partial charge on any atom is 0.104 e. The highest BCUT2D eigenvalue weighted by Gasteiger charge is 2.14. The lowest BCUT2D eigenvalue weighted by molar-refractivity contribution is -0.854. The molecule has 4 heteroatoms. The Hall–Kier alpha value is -1.46. The molecule has 0 saturated heterocycles. The van der Waals surface area contributed by atoms with Crippen LogP contribution in [-0.4, -0.2) is 37.5 Å². The number of nitrogens with zero attached hydrogens (tertiary/aromatic N) is 2. The van der Waals surface area contributed by atoms with Crippen LogP contribution < -0.4 is 0 Å². The zero-order valence-electron chi connectivity index (χ0n) is 12.6. The molecule has 0 bridgehead atoms. The minimum atomic E-state index is -0.372. The standard InChI is InChI=1S/C16H22N2O2/c1-17(2,19)11-14-9-5-7-13-8-6-10-15(16(13)14)12-18(3,4)20/h5-10H,11-12H2,1-4H3. The van der Waals surface area contributed by atoms with Crippen LogP contribution >= 0.6 is 0 Å². The molecule has 0 aliphatic carbocycles. The van der Waals surface area contributed by atoms with E-state index in [4.69, 9.17) is 0 Å². The Kier molecular flexibility index (Phi) is 3.84. The van der Waals surface area contributed by atoms with Gasteiger partial charge in [-0.15, -0.1) is 0 Å². The predicted molar refractivity (Wildman–Crippen MR) is 82.3 cm³/mol. The summed E-state index contributed by atoms with van der Waals surface area (Å²) < 4.78 is -0.744. The SMILES string of the molecule is C[N+](C)([O-])Cc1cccc2cccc(C[N+](C)(C)[O-])c12. The van der Waals surface area contributed by atoms with E-state index in [1.54, 1.807) is 28.2 Å². The van der Waals surface area contributed by atoms with Gasteiger partial charge in [-0.2, -0.15) is 0 Å². The van der Waals surface area contributed by atoms with Crippen molar-refractivity contribution >= 4 is 10.8 Å². The van der Waals surface area contributed by atoms with Gasteiger partial charge in [0.2, 0.25) is 0 Å². The average Bonchev–Trinajstić information content (AvgIpc) is 2.25. The lowest BCUT2D eigenvalue weighted by atomic mass is 9.98. The van der Waals surface area contributed by atoms with E-state index in [1.807, 2.05) is 36.4 Å². The molecule has 0 aromatic heterocycles. The number of hydroxylamine groups is 6. The van der Waals surface area contributed by atoms with Gasteiger partial charge in [-0.05, 0) is 10.8 Å². The van der Waals surface area contributed by atoms with Gasteiger partial charge >= 0.3 is 0 Å². The molecule has 0 fully saturated rings. The van der Waals surface area contributed by atoms with E-state index in [0.29, 0.717) is 13.1 Å². The van der Waals surface area contributed by atoms with Crippen LogP contribution in [0, 0.1) is 10.4 Å². The number of rotatable bonds is 4. The molecule has 0 saturated carbocycles. The summed E-state index contributed by atoms with van der Waals surface area (Å²) in [5.74, 6) is 0. The van der Waals surface area contributed by atoms with Crippen molar-refractivity contribution in [2.45, 2.75) is 13.1 Å². The van der Waals surface area contributed by atoms with Gasteiger partial charge in [0.15, 0.2) is 0 Å². The zero-order chi connectivity index (χ0) is 15.0. The molecule has 0 unspecified atom stereocenters. The van der Waals surface area contributed by atoms with Crippen molar-refractivity contribution in [2.75, 3.05) is 28.2 Å². The van der Waals surface area contributed by atoms with Crippen LogP contribution in [0.15, 0.2) is 36.4 Å². The summed E-state index contributed by atoms with van der Waals surface area (Å²) in [6.45, 7) is 0.807. The Morgan fingerprint density at radius 2 is 1.15 bits per heavy atom. The largest absolute Gasteiger partial charge is 0.633 e. The summed E-state index contributed by atoms with van der Waals surface area (Å²) in [5.41, 5.74) is 2.01. The third kappa shape index (κ3) is 3.77. The van der Waals surface area contributed by atoms with Crippen molar-refractivity contribution in [3.05, 3.63) is 57.9 Å². The highest BCUT2D eigenvalue weighted by molar-refractivity contribution is 5.88. The first-order chi connectivity index (χ1) is 9.16. The molecule has 0 aliphatic heterocycles. The molecule has 2 aromatic carbocycles. The normalized spacial score (nSPS) is 12.9. The van der Waals surface area contributed by atoms with Gasteiger partial charge in [0.1, 0.15) is 13.1 Å². The molecular formula is C16H22N2O2. The highest BCUT2D eigenvalue weighted by Crippen LogP contribution is 2.26. The van der Waals surface area contributed by atoms with E-state index >= 15 is 0 Å². The van der Waals surface area contributed by atoms with E-state index in [2.05, 4.69) is 0 Å².